The summed E-state index contributed by atoms with van der Waals surface area (Å²) in [7, 11) is 0. The molecule has 0 bridgehead atoms. The Hall–Kier alpha value is -2.95. The van der Waals surface area contributed by atoms with Crippen LogP contribution in [-0.2, 0) is 22.4 Å². The zero-order valence-electron chi connectivity index (χ0n) is 15.9. The number of ketones is 2. The second kappa shape index (κ2) is 9.67. The van der Waals surface area contributed by atoms with E-state index in [0.717, 1.165) is 24.0 Å². The van der Waals surface area contributed by atoms with Gasteiger partial charge in [-0.2, -0.15) is 0 Å². The summed E-state index contributed by atoms with van der Waals surface area (Å²) in [5, 5.41) is 0. The van der Waals surface area contributed by atoms with Gasteiger partial charge in [-0.3, -0.25) is 9.59 Å². The van der Waals surface area contributed by atoms with Crippen LogP contribution < -0.4 is 4.74 Å². The molecule has 2 rings (SSSR count). The molecule has 0 saturated heterocycles. The van der Waals surface area contributed by atoms with E-state index in [1.807, 2.05) is 32.0 Å². The van der Waals surface area contributed by atoms with Crippen molar-refractivity contribution in [2.45, 2.75) is 33.6 Å². The van der Waals surface area contributed by atoms with Gasteiger partial charge in [0, 0.05) is 11.1 Å². The van der Waals surface area contributed by atoms with E-state index in [1.54, 1.807) is 24.3 Å². The molecule has 0 unspecified atom stereocenters. The first-order chi connectivity index (χ1) is 12.9. The third kappa shape index (κ3) is 5.78. The van der Waals surface area contributed by atoms with E-state index in [-0.39, 0.29) is 24.8 Å². The fourth-order valence-electron chi connectivity index (χ4n) is 2.60. The van der Waals surface area contributed by atoms with Gasteiger partial charge in [-0.05, 0) is 61.2 Å². The lowest BCUT2D eigenvalue weighted by atomic mass is 9.98. The highest BCUT2D eigenvalue weighted by atomic mass is 16.6. The van der Waals surface area contributed by atoms with Crippen molar-refractivity contribution in [3.05, 3.63) is 64.7 Å². The quantitative estimate of drug-likeness (QED) is 0.497. The monoisotopic (exact) mass is 368 g/mol. The van der Waals surface area contributed by atoms with Gasteiger partial charge in [0.15, 0.2) is 19.0 Å². The number of Topliss-reactive ketones (excluding diaryl/α,β-unsaturated/α-hetero) is 2. The van der Waals surface area contributed by atoms with Crippen molar-refractivity contribution in [3.8, 4) is 5.75 Å². The Bertz CT molecular complexity index is 821. The van der Waals surface area contributed by atoms with Gasteiger partial charge in [-0.25, -0.2) is 4.79 Å². The fraction of sp³-hybridized carbons (Fsp3) is 0.318. The predicted octanol–water partition coefficient (Wildman–Crippen LogP) is 3.82. The van der Waals surface area contributed by atoms with Gasteiger partial charge in [0.25, 0.3) is 0 Å². The lowest BCUT2D eigenvalue weighted by Crippen LogP contribution is -2.20. The number of carbonyl (C=O) groups is 3. The highest BCUT2D eigenvalue weighted by Gasteiger charge is 2.14. The molecule has 0 saturated carbocycles. The van der Waals surface area contributed by atoms with Crippen LogP contribution in [0, 0.1) is 0 Å². The van der Waals surface area contributed by atoms with E-state index >= 15 is 0 Å². The Morgan fingerprint density at radius 3 is 2.19 bits per heavy atom. The Kier molecular flexibility index (Phi) is 7.29. The van der Waals surface area contributed by atoms with Crippen LogP contribution >= 0.6 is 0 Å². The first kappa shape index (κ1) is 20.4. The Labute approximate surface area is 159 Å². The number of rotatable bonds is 9. The van der Waals surface area contributed by atoms with E-state index < -0.39 is 5.97 Å². The van der Waals surface area contributed by atoms with Gasteiger partial charge in [0.2, 0.25) is 5.78 Å². The Morgan fingerprint density at radius 1 is 0.889 bits per heavy atom. The largest absolute Gasteiger partial charge is 0.482 e. The molecule has 27 heavy (non-hydrogen) atoms. The maximum absolute atomic E-state index is 12.4. The van der Waals surface area contributed by atoms with Crippen molar-refractivity contribution in [3.63, 3.8) is 0 Å². The van der Waals surface area contributed by atoms with Gasteiger partial charge in [0.1, 0.15) is 5.75 Å². The summed E-state index contributed by atoms with van der Waals surface area (Å²) >= 11 is 0. The lowest BCUT2D eigenvalue weighted by Gasteiger charge is -2.10. The standard InChI is InChI=1S/C22H24O5/c1-4-16-6-7-17(5-2)20(12-16)21(24)13-27-22(25)14-26-19-10-8-18(9-11-19)15(3)23/h6-12H,4-5,13-14H2,1-3H3. The highest BCUT2D eigenvalue weighted by Crippen LogP contribution is 2.15. The minimum atomic E-state index is -0.622. The fourth-order valence-corrected chi connectivity index (χ4v) is 2.60. The lowest BCUT2D eigenvalue weighted by molar-refractivity contribution is -0.144. The molecule has 5 nitrogen and oxygen atoms in total. The maximum Gasteiger partial charge on any atom is 0.344 e. The van der Waals surface area contributed by atoms with Crippen molar-refractivity contribution in [2.75, 3.05) is 13.2 Å². The van der Waals surface area contributed by atoms with Crippen molar-refractivity contribution >= 4 is 17.5 Å². The summed E-state index contributed by atoms with van der Waals surface area (Å²) in [5.74, 6) is -0.435. The second-order valence-electron chi connectivity index (χ2n) is 6.15. The number of esters is 1. The molecular formula is C22H24O5. The number of hydrogen-bond donors (Lipinski definition) is 0. The SMILES string of the molecule is CCc1ccc(CC)c(C(=O)COC(=O)COc2ccc(C(C)=O)cc2)c1. The van der Waals surface area contributed by atoms with Gasteiger partial charge < -0.3 is 9.47 Å². The molecule has 0 aliphatic carbocycles. The molecule has 0 aromatic heterocycles. The molecule has 2 aromatic carbocycles. The van der Waals surface area contributed by atoms with Gasteiger partial charge in [-0.1, -0.05) is 26.0 Å². The van der Waals surface area contributed by atoms with E-state index in [2.05, 4.69) is 0 Å². The van der Waals surface area contributed by atoms with Crippen LogP contribution in [0.25, 0.3) is 0 Å². The summed E-state index contributed by atoms with van der Waals surface area (Å²) in [5.41, 5.74) is 3.18. The van der Waals surface area contributed by atoms with E-state index in [9.17, 15) is 14.4 Å². The van der Waals surface area contributed by atoms with Gasteiger partial charge >= 0.3 is 5.97 Å². The van der Waals surface area contributed by atoms with Crippen LogP contribution in [0.3, 0.4) is 0 Å². The van der Waals surface area contributed by atoms with Crippen molar-refractivity contribution in [1.29, 1.82) is 0 Å². The van der Waals surface area contributed by atoms with Crippen LogP contribution in [0.4, 0.5) is 0 Å². The van der Waals surface area contributed by atoms with E-state index in [4.69, 9.17) is 9.47 Å². The average Bonchev–Trinajstić information content (AvgIpc) is 2.70. The molecule has 0 atom stereocenters. The second-order valence-corrected chi connectivity index (χ2v) is 6.15. The van der Waals surface area contributed by atoms with Crippen molar-refractivity contribution < 1.29 is 23.9 Å². The summed E-state index contributed by atoms with van der Waals surface area (Å²) in [6.07, 6.45) is 1.57. The molecule has 0 radical (unpaired) electrons. The smallest absolute Gasteiger partial charge is 0.344 e. The third-order valence-electron chi connectivity index (χ3n) is 4.25. The van der Waals surface area contributed by atoms with E-state index in [1.165, 1.54) is 6.92 Å². The Balaban J connectivity index is 1.88. The molecule has 0 N–H and O–H groups in total. The van der Waals surface area contributed by atoms with Crippen LogP contribution in [0.15, 0.2) is 42.5 Å². The zero-order chi connectivity index (χ0) is 19.8. The first-order valence-electron chi connectivity index (χ1n) is 8.99. The normalized spacial score (nSPS) is 10.3. The van der Waals surface area contributed by atoms with Crippen LogP contribution in [0.1, 0.15) is 52.6 Å². The maximum atomic E-state index is 12.4. The summed E-state index contributed by atoms with van der Waals surface area (Å²) in [4.78, 5) is 35.5. The number of benzene rings is 2. The van der Waals surface area contributed by atoms with Crippen molar-refractivity contribution in [1.82, 2.24) is 0 Å². The number of aryl methyl sites for hydroxylation is 2. The minimum Gasteiger partial charge on any atom is -0.482 e. The first-order valence-corrected chi connectivity index (χ1v) is 8.99. The van der Waals surface area contributed by atoms with Gasteiger partial charge in [0.05, 0.1) is 0 Å². The topological polar surface area (TPSA) is 69.7 Å². The zero-order valence-corrected chi connectivity index (χ0v) is 15.9. The average molecular weight is 368 g/mol. The molecule has 0 aliphatic heterocycles. The molecule has 0 heterocycles. The summed E-state index contributed by atoms with van der Waals surface area (Å²) < 4.78 is 10.4. The highest BCUT2D eigenvalue weighted by molar-refractivity contribution is 5.99. The number of ether oxygens (including phenoxy) is 2. The molecule has 0 fully saturated rings. The molecule has 2 aromatic rings. The minimum absolute atomic E-state index is 0.0435. The summed E-state index contributed by atoms with van der Waals surface area (Å²) in [6, 6.07) is 12.3. The predicted molar refractivity (Wildman–Crippen MR) is 102 cm³/mol. The molecule has 5 heteroatoms. The summed E-state index contributed by atoms with van der Waals surface area (Å²) in [6.45, 7) is 4.86. The van der Waals surface area contributed by atoms with E-state index in [0.29, 0.717) is 16.9 Å². The number of hydrogen-bond acceptors (Lipinski definition) is 5. The third-order valence-corrected chi connectivity index (χ3v) is 4.25. The van der Waals surface area contributed by atoms with Crippen LogP contribution in [-0.4, -0.2) is 30.7 Å². The van der Waals surface area contributed by atoms with Crippen LogP contribution in [0.2, 0.25) is 0 Å². The Morgan fingerprint density at radius 2 is 1.59 bits per heavy atom. The number of carbonyl (C=O) groups excluding carboxylic acids is 3. The molecule has 0 aliphatic rings. The molecule has 0 amide bonds. The molecular weight excluding hydrogens is 344 g/mol. The van der Waals surface area contributed by atoms with Crippen molar-refractivity contribution in [2.24, 2.45) is 0 Å². The molecule has 142 valence electrons. The van der Waals surface area contributed by atoms with Crippen LogP contribution in [0.5, 0.6) is 5.75 Å². The molecule has 0 spiro atoms. The van der Waals surface area contributed by atoms with Gasteiger partial charge in [-0.15, -0.1) is 0 Å².